The van der Waals surface area contributed by atoms with E-state index < -0.39 is 18.4 Å². The van der Waals surface area contributed by atoms with E-state index in [9.17, 15) is 3.08 Å². The Balaban J connectivity index is 2.82. The van der Waals surface area contributed by atoms with E-state index in [2.05, 4.69) is 16.7 Å². The van der Waals surface area contributed by atoms with Crippen LogP contribution in [0.5, 0.6) is 0 Å². The molecule has 0 rings (SSSR count). The first-order chi connectivity index (χ1) is 3.27. The molecule has 0 unspecified atom stereocenters. The molecule has 0 spiro atoms. The molecule has 0 heterocycles. The van der Waals surface area contributed by atoms with Crippen molar-refractivity contribution < 1.29 is 3.08 Å². The fraction of sp³-hybridized carbons (Fsp3) is 1.00. The summed E-state index contributed by atoms with van der Waals surface area (Å²) in [5.41, 5.74) is 0. The molecule has 0 saturated carbocycles. The van der Waals surface area contributed by atoms with Crippen molar-refractivity contribution in [2.24, 2.45) is 0 Å². The molecular formula is C4H10OSSn. The van der Waals surface area contributed by atoms with E-state index in [-0.39, 0.29) is 0 Å². The van der Waals surface area contributed by atoms with Gasteiger partial charge < -0.3 is 0 Å². The van der Waals surface area contributed by atoms with Gasteiger partial charge in [-0.3, -0.25) is 0 Å². The molecule has 0 amide bonds. The molecule has 0 aromatic heterocycles. The molecule has 0 aliphatic heterocycles. The van der Waals surface area contributed by atoms with Crippen LogP contribution in [0.15, 0.2) is 0 Å². The first-order valence-electron chi connectivity index (χ1n) is 2.49. The third-order valence-corrected chi connectivity index (χ3v) is 4.47. The van der Waals surface area contributed by atoms with E-state index in [1.54, 1.807) is 0 Å². The zero-order chi connectivity index (χ0) is 5.70. The molecule has 1 nitrogen and oxygen atoms in total. The Bertz CT molecular complexity index is 64.7. The van der Waals surface area contributed by atoms with Gasteiger partial charge >= 0.3 is 55.5 Å². The van der Waals surface area contributed by atoms with Gasteiger partial charge in [-0.1, -0.05) is 0 Å². The van der Waals surface area contributed by atoms with Crippen LogP contribution in [0.2, 0.25) is 4.44 Å². The summed E-state index contributed by atoms with van der Waals surface area (Å²) in [6, 6.07) is 0. The van der Waals surface area contributed by atoms with Gasteiger partial charge in [0.25, 0.3) is 0 Å². The average Bonchev–Trinajstić information content (AvgIpc) is 1.61. The quantitative estimate of drug-likeness (QED) is 0.570. The molecule has 0 aromatic carbocycles. The number of hydrogen-bond acceptors (Lipinski definition) is 1. The summed E-state index contributed by atoms with van der Waals surface area (Å²) in [6.45, 7) is 2.10. The molecule has 0 saturated heterocycles. The third-order valence-electron chi connectivity index (χ3n) is 0.744. The van der Waals surface area contributed by atoms with Crippen LogP contribution in [0.3, 0.4) is 0 Å². The van der Waals surface area contributed by atoms with Crippen LogP contribution in [0.4, 0.5) is 0 Å². The Kier molecular flexibility index (Phi) is 5.78. The average molecular weight is 225 g/mol. The molecule has 0 atom stereocenters. The molecule has 42 valence electrons. The molecule has 0 N–H and O–H groups in total. The van der Waals surface area contributed by atoms with Gasteiger partial charge in [0.05, 0.1) is 0 Å². The Hall–Kier alpha value is 0.949. The molecule has 7 heavy (non-hydrogen) atoms. The molecule has 0 aliphatic rings. The van der Waals surface area contributed by atoms with Crippen molar-refractivity contribution in [3.63, 3.8) is 0 Å². The standard InChI is InChI=1S/C4H9.O.H2S.Sn/c1-3-4-2;;;/h1,3-4H2,2H3;;1H2;/q;;;+1/p-1. The summed E-state index contributed by atoms with van der Waals surface area (Å²) in [5, 5.41) is 0. The van der Waals surface area contributed by atoms with Gasteiger partial charge in [0.15, 0.2) is 0 Å². The normalized spacial score (nSPS) is 8.86. The number of hydrogen-bond donors (Lipinski definition) is 1. The summed E-state index contributed by atoms with van der Waals surface area (Å²) in [7, 11) is 3.87. The second-order valence-corrected chi connectivity index (χ2v) is 8.52. The maximum atomic E-state index is 10.3. The molecule has 0 aromatic rings. The first kappa shape index (κ1) is 7.95. The Morgan fingerprint density at radius 3 is 2.43 bits per heavy atom. The van der Waals surface area contributed by atoms with Crippen LogP contribution in [0.25, 0.3) is 0 Å². The second-order valence-electron chi connectivity index (χ2n) is 1.50. The third kappa shape index (κ3) is 6.95. The number of rotatable bonds is 3. The number of unbranched alkanes of at least 4 members (excludes halogenated alkanes) is 1. The predicted octanol–water partition coefficient (Wildman–Crippen LogP) is 1.64. The van der Waals surface area contributed by atoms with Crippen LogP contribution >= 0.6 is 9.81 Å². The van der Waals surface area contributed by atoms with E-state index >= 15 is 0 Å². The van der Waals surface area contributed by atoms with Crippen molar-refractivity contribution in [1.29, 1.82) is 0 Å². The van der Waals surface area contributed by atoms with E-state index in [1.165, 1.54) is 0 Å². The summed E-state index contributed by atoms with van der Waals surface area (Å²) >= 11 is -2.20. The second kappa shape index (κ2) is 5.09. The van der Waals surface area contributed by atoms with Crippen molar-refractivity contribution >= 4 is 28.2 Å². The van der Waals surface area contributed by atoms with Gasteiger partial charge in [-0.05, 0) is 0 Å². The van der Waals surface area contributed by atoms with E-state index in [0.717, 1.165) is 17.3 Å². The first-order valence-corrected chi connectivity index (χ1v) is 9.95. The van der Waals surface area contributed by atoms with E-state index in [1.807, 2.05) is 0 Å². The van der Waals surface area contributed by atoms with Crippen LogP contribution in [0.1, 0.15) is 19.8 Å². The summed E-state index contributed by atoms with van der Waals surface area (Å²) in [4.78, 5) is 0. The monoisotopic (exact) mass is 226 g/mol. The summed E-state index contributed by atoms with van der Waals surface area (Å²) < 4.78 is 11.3. The van der Waals surface area contributed by atoms with Crippen molar-refractivity contribution in [2.75, 3.05) is 0 Å². The summed E-state index contributed by atoms with van der Waals surface area (Å²) in [6.07, 6.45) is 2.24. The molecule has 0 fully saturated rings. The van der Waals surface area contributed by atoms with Gasteiger partial charge in [0.2, 0.25) is 0 Å². The van der Waals surface area contributed by atoms with Crippen LogP contribution < -0.4 is 0 Å². The van der Waals surface area contributed by atoms with Crippen molar-refractivity contribution in [2.45, 2.75) is 24.2 Å². The topological polar surface area (TPSA) is 17.1 Å². The van der Waals surface area contributed by atoms with Crippen molar-refractivity contribution in [3.05, 3.63) is 0 Å². The molecule has 3 heteroatoms. The Morgan fingerprint density at radius 2 is 2.29 bits per heavy atom. The molecule has 0 aliphatic carbocycles. The fourth-order valence-corrected chi connectivity index (χ4v) is 3.26. The van der Waals surface area contributed by atoms with Crippen molar-refractivity contribution in [1.82, 2.24) is 0 Å². The summed E-state index contributed by atoms with van der Waals surface area (Å²) in [5.74, 6) is 0. The molecular weight excluding hydrogens is 215 g/mol. The molecule has 0 radical (unpaired) electrons. The van der Waals surface area contributed by atoms with E-state index in [4.69, 9.17) is 0 Å². The zero-order valence-corrected chi connectivity index (χ0v) is 8.23. The van der Waals surface area contributed by atoms with Crippen LogP contribution in [-0.4, -0.2) is 18.4 Å². The fourth-order valence-electron chi connectivity index (χ4n) is 0.328. The Labute approximate surface area is 55.5 Å². The maximum absolute atomic E-state index is 10.3. The minimum atomic E-state index is -2.20. The van der Waals surface area contributed by atoms with Gasteiger partial charge in [-0.15, -0.1) is 0 Å². The van der Waals surface area contributed by atoms with Gasteiger partial charge in [0, 0.05) is 0 Å². The minimum absolute atomic E-state index is 0.905. The van der Waals surface area contributed by atoms with Gasteiger partial charge in [0.1, 0.15) is 0 Å². The SMILES string of the molecule is CCC[CH2][Sn](=[O])[SH]. The Morgan fingerprint density at radius 1 is 1.71 bits per heavy atom. The molecule has 0 bridgehead atoms. The van der Waals surface area contributed by atoms with E-state index in [0.29, 0.717) is 0 Å². The van der Waals surface area contributed by atoms with Crippen molar-refractivity contribution in [3.8, 4) is 0 Å². The van der Waals surface area contributed by atoms with Crippen LogP contribution in [0, 0.1) is 0 Å². The number of thiol groups is 1. The zero-order valence-electron chi connectivity index (χ0n) is 4.48. The predicted molar refractivity (Wildman–Crippen MR) is 35.1 cm³/mol. The van der Waals surface area contributed by atoms with Crippen LogP contribution in [-0.2, 0) is 3.08 Å². The van der Waals surface area contributed by atoms with Gasteiger partial charge in [-0.2, -0.15) is 0 Å². The van der Waals surface area contributed by atoms with Gasteiger partial charge in [-0.25, -0.2) is 0 Å².